The van der Waals surface area contributed by atoms with Crippen LogP contribution in [-0.2, 0) is 0 Å². The smallest absolute Gasteiger partial charge is 0.126 e. The van der Waals surface area contributed by atoms with Crippen LogP contribution >= 0.6 is 0 Å². The standard InChI is InChI=1S/C14H19F2N/c1-4-14(2)12(8-13(14)17-3)9-5-10(15)7-11(16)6-9/h5-7,12-13,17H,4,8H2,1-3H3. The van der Waals surface area contributed by atoms with E-state index in [9.17, 15) is 8.78 Å². The molecule has 1 N–H and O–H groups in total. The molecule has 3 unspecified atom stereocenters. The molecule has 1 nitrogen and oxygen atoms in total. The Bertz CT molecular complexity index is 398. The third-order valence-electron chi connectivity index (χ3n) is 4.46. The van der Waals surface area contributed by atoms with Gasteiger partial charge in [0.25, 0.3) is 0 Å². The van der Waals surface area contributed by atoms with Crippen LogP contribution in [0, 0.1) is 17.0 Å². The molecule has 0 amide bonds. The first-order valence-electron chi connectivity index (χ1n) is 6.14. The summed E-state index contributed by atoms with van der Waals surface area (Å²) >= 11 is 0. The van der Waals surface area contributed by atoms with Crippen molar-refractivity contribution in [3.05, 3.63) is 35.4 Å². The van der Waals surface area contributed by atoms with Gasteiger partial charge in [-0.05, 0) is 48.9 Å². The number of benzene rings is 1. The molecule has 1 aliphatic carbocycles. The Morgan fingerprint density at radius 3 is 2.35 bits per heavy atom. The highest BCUT2D eigenvalue weighted by Gasteiger charge is 2.50. The van der Waals surface area contributed by atoms with Crippen LogP contribution in [0.1, 0.15) is 38.2 Å². The third kappa shape index (κ3) is 1.97. The molecular weight excluding hydrogens is 220 g/mol. The minimum absolute atomic E-state index is 0.0922. The highest BCUT2D eigenvalue weighted by molar-refractivity contribution is 5.29. The van der Waals surface area contributed by atoms with Gasteiger partial charge in [0.2, 0.25) is 0 Å². The summed E-state index contributed by atoms with van der Waals surface area (Å²) in [6.07, 6.45) is 1.95. The first kappa shape index (κ1) is 12.5. The maximum absolute atomic E-state index is 13.2. The van der Waals surface area contributed by atoms with E-state index in [0.717, 1.165) is 24.5 Å². The van der Waals surface area contributed by atoms with Crippen molar-refractivity contribution in [2.24, 2.45) is 5.41 Å². The molecule has 0 aliphatic heterocycles. The van der Waals surface area contributed by atoms with Gasteiger partial charge in [-0.2, -0.15) is 0 Å². The Labute approximate surface area is 101 Å². The number of hydrogen-bond donors (Lipinski definition) is 1. The van der Waals surface area contributed by atoms with Crippen molar-refractivity contribution in [3.8, 4) is 0 Å². The van der Waals surface area contributed by atoms with Crippen LogP contribution in [0.4, 0.5) is 8.78 Å². The van der Waals surface area contributed by atoms with Crippen LogP contribution in [0.3, 0.4) is 0 Å². The lowest BCUT2D eigenvalue weighted by molar-refractivity contribution is 0.0491. The maximum Gasteiger partial charge on any atom is 0.126 e. The van der Waals surface area contributed by atoms with Gasteiger partial charge >= 0.3 is 0 Å². The predicted octanol–water partition coefficient (Wildman–Crippen LogP) is 3.46. The summed E-state index contributed by atoms with van der Waals surface area (Å²) in [4.78, 5) is 0. The fourth-order valence-electron chi connectivity index (χ4n) is 3.09. The van der Waals surface area contributed by atoms with Crippen LogP contribution in [0.2, 0.25) is 0 Å². The molecule has 1 aliphatic rings. The van der Waals surface area contributed by atoms with Crippen LogP contribution < -0.4 is 5.32 Å². The van der Waals surface area contributed by atoms with Crippen molar-refractivity contribution in [2.45, 2.75) is 38.6 Å². The van der Waals surface area contributed by atoms with Gasteiger partial charge in [-0.15, -0.1) is 0 Å². The second-order valence-corrected chi connectivity index (χ2v) is 5.19. The second-order valence-electron chi connectivity index (χ2n) is 5.19. The quantitative estimate of drug-likeness (QED) is 0.851. The summed E-state index contributed by atoms with van der Waals surface area (Å²) in [5.74, 6) is -0.715. The van der Waals surface area contributed by atoms with E-state index in [-0.39, 0.29) is 11.3 Å². The van der Waals surface area contributed by atoms with E-state index in [1.54, 1.807) is 0 Å². The lowest BCUT2D eigenvalue weighted by atomic mass is 9.54. The highest BCUT2D eigenvalue weighted by Crippen LogP contribution is 2.54. The molecule has 94 valence electrons. The largest absolute Gasteiger partial charge is 0.316 e. The first-order valence-corrected chi connectivity index (χ1v) is 6.14. The van der Waals surface area contributed by atoms with Crippen molar-refractivity contribution in [2.75, 3.05) is 7.05 Å². The van der Waals surface area contributed by atoms with E-state index in [0.29, 0.717) is 6.04 Å². The maximum atomic E-state index is 13.2. The summed E-state index contributed by atoms with van der Waals surface area (Å²) in [7, 11) is 1.95. The molecule has 0 spiro atoms. The van der Waals surface area contributed by atoms with Crippen LogP contribution in [0.5, 0.6) is 0 Å². The molecule has 0 saturated heterocycles. The average Bonchev–Trinajstić information content (AvgIpc) is 2.26. The summed E-state index contributed by atoms with van der Waals surface area (Å²) in [5, 5.41) is 3.28. The second kappa shape index (κ2) is 4.37. The topological polar surface area (TPSA) is 12.0 Å². The highest BCUT2D eigenvalue weighted by atomic mass is 19.1. The van der Waals surface area contributed by atoms with Crippen LogP contribution in [-0.4, -0.2) is 13.1 Å². The lowest BCUT2D eigenvalue weighted by Crippen LogP contribution is -2.55. The van der Waals surface area contributed by atoms with Crippen molar-refractivity contribution < 1.29 is 8.78 Å². The Kier molecular flexibility index (Phi) is 3.21. The van der Waals surface area contributed by atoms with Crippen LogP contribution in [0.15, 0.2) is 18.2 Å². The van der Waals surface area contributed by atoms with E-state index < -0.39 is 11.6 Å². The molecule has 17 heavy (non-hydrogen) atoms. The Hall–Kier alpha value is -0.960. The molecule has 3 atom stereocenters. The third-order valence-corrected chi connectivity index (χ3v) is 4.46. The van der Waals surface area contributed by atoms with E-state index in [2.05, 4.69) is 19.2 Å². The van der Waals surface area contributed by atoms with Gasteiger partial charge < -0.3 is 5.32 Å². The zero-order valence-electron chi connectivity index (χ0n) is 10.6. The van der Waals surface area contributed by atoms with Crippen molar-refractivity contribution in [3.63, 3.8) is 0 Å². The fraction of sp³-hybridized carbons (Fsp3) is 0.571. The lowest BCUT2D eigenvalue weighted by Gasteiger charge is -2.54. The van der Waals surface area contributed by atoms with Gasteiger partial charge in [0.05, 0.1) is 0 Å². The van der Waals surface area contributed by atoms with Gasteiger partial charge in [-0.25, -0.2) is 8.78 Å². The Morgan fingerprint density at radius 2 is 1.88 bits per heavy atom. The number of hydrogen-bond acceptors (Lipinski definition) is 1. The van der Waals surface area contributed by atoms with E-state index in [4.69, 9.17) is 0 Å². The first-order chi connectivity index (χ1) is 8.01. The summed E-state index contributed by atoms with van der Waals surface area (Å²) < 4.78 is 26.5. The van der Waals surface area contributed by atoms with E-state index in [1.807, 2.05) is 7.05 Å². The predicted molar refractivity (Wildman–Crippen MR) is 65.0 cm³/mol. The normalized spacial score (nSPS) is 32.3. The molecule has 3 heteroatoms. The number of rotatable bonds is 3. The zero-order valence-corrected chi connectivity index (χ0v) is 10.6. The van der Waals surface area contributed by atoms with Gasteiger partial charge in [-0.1, -0.05) is 13.8 Å². The molecule has 2 rings (SSSR count). The van der Waals surface area contributed by atoms with Crippen molar-refractivity contribution in [1.82, 2.24) is 5.32 Å². The average molecular weight is 239 g/mol. The SMILES string of the molecule is CCC1(C)C(NC)CC1c1cc(F)cc(F)c1. The summed E-state index contributed by atoms with van der Waals surface area (Å²) in [5.41, 5.74) is 0.882. The fourth-order valence-corrected chi connectivity index (χ4v) is 3.09. The van der Waals surface area contributed by atoms with Crippen molar-refractivity contribution in [1.29, 1.82) is 0 Å². The summed E-state index contributed by atoms with van der Waals surface area (Å²) in [6, 6.07) is 4.30. The Balaban J connectivity index is 2.29. The van der Waals surface area contributed by atoms with E-state index in [1.165, 1.54) is 12.1 Å². The molecule has 0 heterocycles. The summed E-state index contributed by atoms with van der Waals surface area (Å²) in [6.45, 7) is 4.32. The molecule has 0 aromatic heterocycles. The molecule has 0 bridgehead atoms. The molecule has 1 aromatic rings. The molecule has 1 fully saturated rings. The molecular formula is C14H19F2N. The van der Waals surface area contributed by atoms with Gasteiger partial charge in [0.15, 0.2) is 0 Å². The van der Waals surface area contributed by atoms with Gasteiger partial charge in [0.1, 0.15) is 11.6 Å². The molecule has 1 saturated carbocycles. The minimum atomic E-state index is -0.480. The van der Waals surface area contributed by atoms with E-state index >= 15 is 0 Å². The van der Waals surface area contributed by atoms with Crippen LogP contribution in [0.25, 0.3) is 0 Å². The number of nitrogens with one attached hydrogen (secondary N) is 1. The van der Waals surface area contributed by atoms with Crippen molar-refractivity contribution >= 4 is 0 Å². The minimum Gasteiger partial charge on any atom is -0.316 e. The molecule has 1 aromatic carbocycles. The Morgan fingerprint density at radius 1 is 1.29 bits per heavy atom. The van der Waals surface area contributed by atoms with Gasteiger partial charge in [-0.3, -0.25) is 0 Å². The number of halogens is 2. The monoisotopic (exact) mass is 239 g/mol. The molecule has 0 radical (unpaired) electrons. The van der Waals surface area contributed by atoms with Gasteiger partial charge in [0, 0.05) is 12.1 Å². The zero-order chi connectivity index (χ0) is 12.6.